The van der Waals surface area contributed by atoms with Crippen LogP contribution in [0.3, 0.4) is 0 Å². The summed E-state index contributed by atoms with van der Waals surface area (Å²) in [4.78, 5) is 12.4. The molecule has 0 radical (unpaired) electrons. The predicted octanol–water partition coefficient (Wildman–Crippen LogP) is 5.15. The van der Waals surface area contributed by atoms with Crippen LogP contribution in [-0.4, -0.2) is 18.7 Å². The molecule has 1 amide bonds. The highest BCUT2D eigenvalue weighted by Gasteiger charge is 2.29. The van der Waals surface area contributed by atoms with Crippen molar-refractivity contribution in [2.24, 2.45) is 0 Å². The van der Waals surface area contributed by atoms with Crippen LogP contribution in [0.2, 0.25) is 5.02 Å². The lowest BCUT2D eigenvalue weighted by Gasteiger charge is -2.14. The molecule has 0 saturated heterocycles. The maximum Gasteiger partial charge on any atom is 0.422 e. The summed E-state index contributed by atoms with van der Waals surface area (Å²) in [6, 6.07) is 9.29. The van der Waals surface area contributed by atoms with E-state index in [4.69, 9.17) is 16.3 Å². The zero-order chi connectivity index (χ0) is 17.9. The molecule has 2 aromatic rings. The predicted molar refractivity (Wildman–Crippen MR) is 86.9 cm³/mol. The molecule has 0 atom stereocenters. The first kappa shape index (κ1) is 18.1. The van der Waals surface area contributed by atoms with Crippen LogP contribution in [-0.2, 0) is 0 Å². The number of hydrogen-bond donors (Lipinski definition) is 1. The summed E-state index contributed by atoms with van der Waals surface area (Å²) in [5.74, 6) is -0.560. The van der Waals surface area contributed by atoms with E-state index in [0.717, 1.165) is 11.1 Å². The van der Waals surface area contributed by atoms with Crippen LogP contribution in [0.5, 0.6) is 5.75 Å². The van der Waals surface area contributed by atoms with E-state index in [1.165, 1.54) is 18.2 Å². The molecule has 0 saturated carbocycles. The zero-order valence-corrected chi connectivity index (χ0v) is 13.8. The Hall–Kier alpha value is -2.21. The fourth-order valence-electron chi connectivity index (χ4n) is 2.19. The highest BCUT2D eigenvalue weighted by molar-refractivity contribution is 6.31. The van der Waals surface area contributed by atoms with E-state index in [2.05, 4.69) is 5.32 Å². The smallest absolute Gasteiger partial charge is 0.422 e. The number of halogens is 4. The molecule has 0 spiro atoms. The normalized spacial score (nSPS) is 11.2. The van der Waals surface area contributed by atoms with Crippen LogP contribution in [0, 0.1) is 13.8 Å². The molecule has 0 aliphatic carbocycles. The fourth-order valence-corrected chi connectivity index (χ4v) is 2.36. The maximum atomic E-state index is 12.4. The highest BCUT2D eigenvalue weighted by atomic mass is 35.5. The number of hydrogen-bond acceptors (Lipinski definition) is 2. The lowest BCUT2D eigenvalue weighted by atomic mass is 10.1. The number of carbonyl (C=O) groups excluding carboxylic acids is 1. The van der Waals surface area contributed by atoms with Gasteiger partial charge in [-0.3, -0.25) is 4.79 Å². The minimum atomic E-state index is -4.48. The lowest BCUT2D eigenvalue weighted by molar-refractivity contribution is -0.153. The van der Waals surface area contributed by atoms with Crippen LogP contribution in [0.15, 0.2) is 36.4 Å². The van der Waals surface area contributed by atoms with E-state index in [1.54, 1.807) is 12.1 Å². The fraction of sp³-hybridized carbons (Fsp3) is 0.235. The Bertz CT molecular complexity index is 740. The zero-order valence-electron chi connectivity index (χ0n) is 13.0. The van der Waals surface area contributed by atoms with Gasteiger partial charge in [-0.15, -0.1) is 0 Å². The Labute approximate surface area is 142 Å². The van der Waals surface area contributed by atoms with Gasteiger partial charge in [-0.05, 0) is 44.2 Å². The highest BCUT2D eigenvalue weighted by Crippen LogP contribution is 2.30. The first-order valence-corrected chi connectivity index (χ1v) is 7.40. The maximum absolute atomic E-state index is 12.4. The molecule has 0 unspecified atom stereocenters. The minimum Gasteiger partial charge on any atom is -0.482 e. The van der Waals surface area contributed by atoms with E-state index in [1.807, 2.05) is 19.9 Å². The van der Waals surface area contributed by atoms with Crippen molar-refractivity contribution in [3.05, 3.63) is 58.1 Å². The van der Waals surface area contributed by atoms with Crippen molar-refractivity contribution < 1.29 is 22.7 Å². The second kappa shape index (κ2) is 7.13. The summed E-state index contributed by atoms with van der Waals surface area (Å²) < 4.78 is 41.7. The Morgan fingerprint density at radius 2 is 1.75 bits per heavy atom. The molecule has 0 fully saturated rings. The number of amides is 1. The lowest BCUT2D eigenvalue weighted by Crippen LogP contribution is -2.20. The number of alkyl halides is 3. The van der Waals surface area contributed by atoms with Gasteiger partial charge in [0.15, 0.2) is 6.61 Å². The van der Waals surface area contributed by atoms with E-state index in [9.17, 15) is 18.0 Å². The van der Waals surface area contributed by atoms with Gasteiger partial charge in [-0.25, -0.2) is 0 Å². The van der Waals surface area contributed by atoms with E-state index in [-0.39, 0.29) is 16.5 Å². The number of rotatable bonds is 4. The summed E-state index contributed by atoms with van der Waals surface area (Å²) in [5.41, 5.74) is 2.28. The van der Waals surface area contributed by atoms with Crippen molar-refractivity contribution >= 4 is 23.2 Å². The van der Waals surface area contributed by atoms with Crippen molar-refractivity contribution in [1.82, 2.24) is 0 Å². The third-order valence-corrected chi connectivity index (χ3v) is 3.30. The Kier molecular flexibility index (Phi) is 5.39. The van der Waals surface area contributed by atoms with E-state index in [0.29, 0.717) is 5.56 Å². The average Bonchev–Trinajstić information content (AvgIpc) is 2.44. The Balaban J connectivity index is 2.24. The third-order valence-electron chi connectivity index (χ3n) is 3.07. The quantitative estimate of drug-likeness (QED) is 0.821. The molecule has 128 valence electrons. The van der Waals surface area contributed by atoms with Gasteiger partial charge < -0.3 is 10.1 Å². The van der Waals surface area contributed by atoms with Crippen LogP contribution in [0.25, 0.3) is 0 Å². The molecular formula is C17H15ClF3NO2. The molecule has 2 aromatic carbocycles. The largest absolute Gasteiger partial charge is 0.482 e. The molecule has 7 heteroatoms. The molecule has 0 aliphatic heterocycles. The van der Waals surface area contributed by atoms with Crippen molar-refractivity contribution in [1.29, 1.82) is 0 Å². The first-order chi connectivity index (χ1) is 11.1. The van der Waals surface area contributed by atoms with Gasteiger partial charge in [-0.1, -0.05) is 28.8 Å². The number of nitrogens with one attached hydrogen (secondary N) is 1. The standard InChI is InChI=1S/C17H15ClF3NO2/c1-10-5-11(2)7-12(6-10)16(23)22-14-8-13(18)3-4-15(14)24-9-17(19,20)21/h3-8H,9H2,1-2H3,(H,22,23). The Morgan fingerprint density at radius 1 is 1.12 bits per heavy atom. The van der Waals surface area contributed by atoms with E-state index >= 15 is 0 Å². The third kappa shape index (κ3) is 5.16. The summed E-state index contributed by atoms with van der Waals surface area (Å²) in [7, 11) is 0. The number of carbonyl (C=O) groups is 1. The van der Waals surface area contributed by atoms with Gasteiger partial charge in [0.05, 0.1) is 5.69 Å². The minimum absolute atomic E-state index is 0.0795. The first-order valence-electron chi connectivity index (χ1n) is 7.03. The topological polar surface area (TPSA) is 38.3 Å². The van der Waals surface area contributed by atoms with Gasteiger partial charge in [-0.2, -0.15) is 13.2 Å². The van der Waals surface area contributed by atoms with Gasteiger partial charge >= 0.3 is 6.18 Å². The summed E-state index contributed by atoms with van der Waals surface area (Å²) in [6.45, 7) is 2.24. The monoisotopic (exact) mass is 357 g/mol. The van der Waals surface area contributed by atoms with Gasteiger partial charge in [0.1, 0.15) is 5.75 Å². The number of aryl methyl sites for hydroxylation is 2. The molecule has 2 rings (SSSR count). The number of benzene rings is 2. The average molecular weight is 358 g/mol. The number of ether oxygens (including phenoxy) is 1. The molecule has 0 aliphatic rings. The van der Waals surface area contributed by atoms with E-state index < -0.39 is 18.7 Å². The van der Waals surface area contributed by atoms with Crippen LogP contribution < -0.4 is 10.1 Å². The summed E-state index contributed by atoms with van der Waals surface area (Å²) in [6.07, 6.45) is -4.48. The molecular weight excluding hydrogens is 343 g/mol. The molecule has 0 aromatic heterocycles. The molecule has 3 nitrogen and oxygen atoms in total. The second-order valence-corrected chi connectivity index (χ2v) is 5.81. The van der Waals surface area contributed by atoms with Crippen LogP contribution >= 0.6 is 11.6 Å². The summed E-state index contributed by atoms with van der Waals surface area (Å²) >= 11 is 5.86. The SMILES string of the molecule is Cc1cc(C)cc(C(=O)Nc2cc(Cl)ccc2OCC(F)(F)F)c1. The molecule has 24 heavy (non-hydrogen) atoms. The van der Waals surface area contributed by atoms with Crippen molar-refractivity contribution in [3.63, 3.8) is 0 Å². The van der Waals surface area contributed by atoms with Crippen molar-refractivity contribution in [2.75, 3.05) is 11.9 Å². The second-order valence-electron chi connectivity index (χ2n) is 5.37. The van der Waals surface area contributed by atoms with Crippen LogP contribution in [0.1, 0.15) is 21.5 Å². The van der Waals surface area contributed by atoms with Crippen LogP contribution in [0.4, 0.5) is 18.9 Å². The Morgan fingerprint density at radius 3 is 2.33 bits per heavy atom. The molecule has 0 heterocycles. The van der Waals surface area contributed by atoms with Gasteiger partial charge in [0.25, 0.3) is 5.91 Å². The van der Waals surface area contributed by atoms with Crippen molar-refractivity contribution in [3.8, 4) is 5.75 Å². The molecule has 1 N–H and O–H groups in total. The number of anilines is 1. The van der Waals surface area contributed by atoms with Crippen molar-refractivity contribution in [2.45, 2.75) is 20.0 Å². The van der Waals surface area contributed by atoms with Gasteiger partial charge in [0, 0.05) is 10.6 Å². The van der Waals surface area contributed by atoms with Gasteiger partial charge in [0.2, 0.25) is 0 Å². The summed E-state index contributed by atoms with van der Waals surface area (Å²) in [5, 5.41) is 2.81. The molecule has 0 bridgehead atoms.